The Hall–Kier alpha value is -2.21. The lowest BCUT2D eigenvalue weighted by atomic mass is 10.1. The van der Waals surface area contributed by atoms with Crippen LogP contribution in [0, 0.1) is 5.82 Å². The summed E-state index contributed by atoms with van der Waals surface area (Å²) in [7, 11) is -3.53. The number of benzene rings is 2. The highest BCUT2D eigenvalue weighted by Gasteiger charge is 2.40. The Balaban J connectivity index is 1.70. The van der Waals surface area contributed by atoms with Crippen molar-refractivity contribution in [2.75, 3.05) is 13.1 Å². The van der Waals surface area contributed by atoms with Crippen LogP contribution in [0.2, 0.25) is 0 Å². The lowest BCUT2D eigenvalue weighted by molar-refractivity contribution is 0.0659. The van der Waals surface area contributed by atoms with E-state index in [1.54, 1.807) is 24.3 Å². The molecular formula is C16H14FNO3S. The van der Waals surface area contributed by atoms with Gasteiger partial charge < -0.3 is 4.90 Å². The van der Waals surface area contributed by atoms with Crippen molar-refractivity contribution in [2.24, 2.45) is 0 Å². The van der Waals surface area contributed by atoms with Crippen LogP contribution in [0.4, 0.5) is 4.39 Å². The minimum atomic E-state index is -3.53. The molecule has 0 saturated carbocycles. The number of hydrogen-bond donors (Lipinski definition) is 0. The monoisotopic (exact) mass is 319 g/mol. The second-order valence-corrected chi connectivity index (χ2v) is 7.43. The van der Waals surface area contributed by atoms with Crippen molar-refractivity contribution in [3.05, 3.63) is 66.0 Å². The van der Waals surface area contributed by atoms with Crippen LogP contribution in [0.5, 0.6) is 0 Å². The molecule has 0 spiro atoms. The number of amides is 1. The van der Waals surface area contributed by atoms with Gasteiger partial charge in [0.25, 0.3) is 5.91 Å². The van der Waals surface area contributed by atoms with Gasteiger partial charge in [0, 0.05) is 18.7 Å². The molecule has 4 nitrogen and oxygen atoms in total. The first-order valence-electron chi connectivity index (χ1n) is 6.82. The van der Waals surface area contributed by atoms with Gasteiger partial charge in [-0.25, -0.2) is 12.8 Å². The molecule has 2 aromatic rings. The molecule has 0 radical (unpaired) electrons. The molecule has 3 rings (SSSR count). The molecule has 1 aliphatic rings. The second-order valence-electron chi connectivity index (χ2n) is 5.20. The summed E-state index contributed by atoms with van der Waals surface area (Å²) in [5.41, 5.74) is 0.542. The lowest BCUT2D eigenvalue weighted by Crippen LogP contribution is -2.56. The summed E-state index contributed by atoms with van der Waals surface area (Å²) in [6.07, 6.45) is 0. The summed E-state index contributed by atoms with van der Waals surface area (Å²) in [6.45, 7) is 0.320. The molecule has 1 heterocycles. The lowest BCUT2D eigenvalue weighted by Gasteiger charge is -2.38. The van der Waals surface area contributed by atoms with Gasteiger partial charge in [0.05, 0.1) is 4.90 Å². The number of carbonyl (C=O) groups is 1. The van der Waals surface area contributed by atoms with Crippen molar-refractivity contribution in [1.82, 2.24) is 4.90 Å². The van der Waals surface area contributed by atoms with Crippen molar-refractivity contribution in [3.8, 4) is 0 Å². The van der Waals surface area contributed by atoms with Crippen LogP contribution in [0.1, 0.15) is 10.4 Å². The Kier molecular flexibility index (Phi) is 3.70. The third-order valence-electron chi connectivity index (χ3n) is 3.74. The molecule has 0 atom stereocenters. The quantitative estimate of drug-likeness (QED) is 0.814. The van der Waals surface area contributed by atoms with Crippen molar-refractivity contribution in [3.63, 3.8) is 0 Å². The summed E-state index contributed by atoms with van der Waals surface area (Å²) >= 11 is 0. The van der Waals surface area contributed by atoms with Crippen LogP contribution in [-0.4, -0.2) is 37.6 Å². The van der Waals surface area contributed by atoms with E-state index in [-0.39, 0.29) is 23.9 Å². The van der Waals surface area contributed by atoms with Gasteiger partial charge in [-0.15, -0.1) is 0 Å². The van der Waals surface area contributed by atoms with E-state index in [1.165, 1.54) is 17.0 Å². The van der Waals surface area contributed by atoms with E-state index in [4.69, 9.17) is 0 Å². The van der Waals surface area contributed by atoms with Gasteiger partial charge >= 0.3 is 0 Å². The SMILES string of the molecule is O=C(c1ccccc1)N1CC(S(=O)(=O)c2ccc(F)cc2)C1. The zero-order valence-corrected chi connectivity index (χ0v) is 12.5. The zero-order chi connectivity index (χ0) is 15.7. The maximum Gasteiger partial charge on any atom is 0.253 e. The van der Waals surface area contributed by atoms with Crippen LogP contribution in [-0.2, 0) is 9.84 Å². The van der Waals surface area contributed by atoms with E-state index in [0.29, 0.717) is 5.56 Å². The molecule has 114 valence electrons. The average Bonchev–Trinajstić information content (AvgIpc) is 2.46. The molecule has 1 aliphatic heterocycles. The Morgan fingerprint density at radius 2 is 1.59 bits per heavy atom. The molecule has 0 bridgehead atoms. The summed E-state index contributed by atoms with van der Waals surface area (Å²) in [5.74, 6) is -0.653. The summed E-state index contributed by atoms with van der Waals surface area (Å²) in [5, 5.41) is -0.634. The fourth-order valence-electron chi connectivity index (χ4n) is 2.38. The maximum absolute atomic E-state index is 12.9. The molecule has 0 aromatic heterocycles. The molecule has 0 N–H and O–H groups in total. The van der Waals surface area contributed by atoms with E-state index < -0.39 is 20.9 Å². The highest BCUT2D eigenvalue weighted by atomic mass is 32.2. The first kappa shape index (κ1) is 14.7. The predicted molar refractivity (Wildman–Crippen MR) is 79.7 cm³/mol. The van der Waals surface area contributed by atoms with Crippen molar-refractivity contribution in [2.45, 2.75) is 10.1 Å². The predicted octanol–water partition coefficient (Wildman–Crippen LogP) is 2.12. The van der Waals surface area contributed by atoms with Crippen LogP contribution in [0.25, 0.3) is 0 Å². The Morgan fingerprint density at radius 3 is 2.18 bits per heavy atom. The van der Waals surface area contributed by atoms with Crippen LogP contribution in [0.15, 0.2) is 59.5 Å². The van der Waals surface area contributed by atoms with E-state index in [0.717, 1.165) is 12.1 Å². The standard InChI is InChI=1S/C16H14FNO3S/c17-13-6-8-14(9-7-13)22(20,21)15-10-18(11-15)16(19)12-4-2-1-3-5-12/h1-9,15H,10-11H2. The number of carbonyl (C=O) groups excluding carboxylic acids is 1. The van der Waals surface area contributed by atoms with Gasteiger partial charge in [0.15, 0.2) is 9.84 Å². The molecule has 1 amide bonds. The molecule has 1 fully saturated rings. The average molecular weight is 319 g/mol. The van der Waals surface area contributed by atoms with Crippen LogP contribution < -0.4 is 0 Å². The van der Waals surface area contributed by atoms with Gasteiger partial charge in [0.1, 0.15) is 11.1 Å². The Bertz CT molecular complexity index is 782. The van der Waals surface area contributed by atoms with E-state index in [2.05, 4.69) is 0 Å². The molecular weight excluding hydrogens is 305 g/mol. The third kappa shape index (κ3) is 2.62. The van der Waals surface area contributed by atoms with Gasteiger partial charge in [-0.2, -0.15) is 0 Å². The fourth-order valence-corrected chi connectivity index (χ4v) is 4.03. The Labute approximate surface area is 128 Å². The van der Waals surface area contributed by atoms with E-state index >= 15 is 0 Å². The normalized spacial score (nSPS) is 15.4. The first-order valence-corrected chi connectivity index (χ1v) is 8.37. The van der Waals surface area contributed by atoms with E-state index in [1.807, 2.05) is 6.07 Å². The fraction of sp³-hybridized carbons (Fsp3) is 0.188. The zero-order valence-electron chi connectivity index (χ0n) is 11.6. The van der Waals surface area contributed by atoms with Gasteiger partial charge in [-0.1, -0.05) is 18.2 Å². The first-order chi connectivity index (χ1) is 10.5. The number of rotatable bonds is 3. The molecule has 0 unspecified atom stereocenters. The number of halogens is 1. The molecule has 0 aliphatic carbocycles. The van der Waals surface area contributed by atoms with Gasteiger partial charge in [-0.05, 0) is 36.4 Å². The Morgan fingerprint density at radius 1 is 1.00 bits per heavy atom. The summed E-state index contributed by atoms with van der Waals surface area (Å²) in [4.78, 5) is 13.8. The van der Waals surface area contributed by atoms with Crippen molar-refractivity contribution in [1.29, 1.82) is 0 Å². The van der Waals surface area contributed by atoms with Crippen molar-refractivity contribution >= 4 is 15.7 Å². The van der Waals surface area contributed by atoms with Gasteiger partial charge in [-0.3, -0.25) is 4.79 Å². The third-order valence-corrected chi connectivity index (χ3v) is 5.84. The number of hydrogen-bond acceptors (Lipinski definition) is 3. The number of nitrogens with zero attached hydrogens (tertiary/aromatic N) is 1. The minimum Gasteiger partial charge on any atom is -0.336 e. The van der Waals surface area contributed by atoms with Crippen molar-refractivity contribution < 1.29 is 17.6 Å². The second kappa shape index (κ2) is 5.53. The highest BCUT2D eigenvalue weighted by molar-refractivity contribution is 7.92. The highest BCUT2D eigenvalue weighted by Crippen LogP contribution is 2.25. The molecule has 1 saturated heterocycles. The summed E-state index contributed by atoms with van der Waals surface area (Å²) in [6, 6.07) is 13.5. The molecule has 2 aromatic carbocycles. The van der Waals surface area contributed by atoms with Gasteiger partial charge in [0.2, 0.25) is 0 Å². The van der Waals surface area contributed by atoms with Crippen LogP contribution in [0.3, 0.4) is 0 Å². The largest absolute Gasteiger partial charge is 0.336 e. The smallest absolute Gasteiger partial charge is 0.253 e. The minimum absolute atomic E-state index is 0.0886. The van der Waals surface area contributed by atoms with E-state index in [9.17, 15) is 17.6 Å². The topological polar surface area (TPSA) is 54.5 Å². The summed E-state index contributed by atoms with van der Waals surface area (Å²) < 4.78 is 37.6. The maximum atomic E-state index is 12.9. The number of likely N-dealkylation sites (tertiary alicyclic amines) is 1. The van der Waals surface area contributed by atoms with Crippen LogP contribution >= 0.6 is 0 Å². The number of sulfone groups is 1. The molecule has 6 heteroatoms. The molecule has 22 heavy (non-hydrogen) atoms.